The molecule has 1 aliphatic rings. The van der Waals surface area contributed by atoms with Gasteiger partial charge >= 0.3 is 6.36 Å². The Bertz CT molecular complexity index is 1640. The third-order valence-electron chi connectivity index (χ3n) is 6.82. The second-order valence-corrected chi connectivity index (χ2v) is 10.1. The molecule has 0 radical (unpaired) electrons. The molecule has 0 spiro atoms. The average molecular weight is 590 g/mol. The number of aliphatic hydroxyl groups is 1. The number of ketones is 1. The maximum atomic E-state index is 13.7. The van der Waals surface area contributed by atoms with E-state index < -0.39 is 35.6 Å². The fourth-order valence-corrected chi connectivity index (χ4v) is 4.67. The number of carbonyl (C=O) groups is 2. The van der Waals surface area contributed by atoms with Gasteiger partial charge in [0.15, 0.2) is 17.4 Å². The van der Waals surface area contributed by atoms with Gasteiger partial charge in [-0.05, 0) is 40.8 Å². The van der Waals surface area contributed by atoms with E-state index in [0.29, 0.717) is 0 Å². The average Bonchev–Trinajstić information content (AvgIpc) is 3.26. The number of benzene rings is 3. The van der Waals surface area contributed by atoms with Gasteiger partial charge in [-0.25, -0.2) is 0 Å². The fraction of sp³-hybridized carbons (Fsp3) is 0.188. The predicted octanol–water partition coefficient (Wildman–Crippen LogP) is 6.86. The molecule has 1 atom stereocenters. The van der Waals surface area contributed by atoms with E-state index in [0.717, 1.165) is 28.2 Å². The lowest BCUT2D eigenvalue weighted by molar-refractivity contribution is -0.274. The molecule has 1 amide bonds. The van der Waals surface area contributed by atoms with Crippen molar-refractivity contribution < 1.29 is 37.3 Å². The zero-order valence-corrected chi connectivity index (χ0v) is 23.1. The van der Waals surface area contributed by atoms with Crippen LogP contribution in [-0.2, 0) is 11.4 Å². The van der Waals surface area contributed by atoms with Gasteiger partial charge < -0.3 is 14.6 Å². The molecule has 0 bridgehead atoms. The van der Waals surface area contributed by atoms with Gasteiger partial charge in [0.2, 0.25) is 5.88 Å². The van der Waals surface area contributed by atoms with Crippen molar-refractivity contribution in [2.24, 2.45) is 0 Å². The maximum Gasteiger partial charge on any atom is 0.573 e. The molecule has 1 aliphatic heterocycles. The third-order valence-corrected chi connectivity index (χ3v) is 6.82. The Balaban J connectivity index is 1.49. The number of halogens is 3. The number of aliphatic hydroxyl groups excluding tert-OH is 1. The monoisotopic (exact) mass is 589 g/mol. The van der Waals surface area contributed by atoms with E-state index in [4.69, 9.17) is 4.74 Å². The van der Waals surface area contributed by atoms with Crippen LogP contribution in [0.3, 0.4) is 0 Å². The largest absolute Gasteiger partial charge is 0.573 e. The van der Waals surface area contributed by atoms with Crippen molar-refractivity contribution in [2.75, 3.05) is 4.90 Å². The van der Waals surface area contributed by atoms with E-state index in [2.05, 4.69) is 14.9 Å². The van der Waals surface area contributed by atoms with E-state index in [1.165, 1.54) is 24.3 Å². The Morgan fingerprint density at radius 2 is 1.60 bits per heavy atom. The van der Waals surface area contributed by atoms with Crippen molar-refractivity contribution in [1.82, 2.24) is 10.2 Å². The summed E-state index contributed by atoms with van der Waals surface area (Å²) in [7, 11) is 0. The van der Waals surface area contributed by atoms with Crippen LogP contribution in [-0.4, -0.2) is 33.4 Å². The molecule has 0 saturated carbocycles. The summed E-state index contributed by atoms with van der Waals surface area (Å²) in [4.78, 5) is 28.2. The Labute approximate surface area is 245 Å². The first kappa shape index (κ1) is 29.3. The zero-order chi connectivity index (χ0) is 30.7. The number of anilines is 1. The molecule has 1 aromatic heterocycles. The molecule has 220 valence electrons. The highest BCUT2D eigenvalue weighted by Crippen LogP contribution is 2.42. The first-order valence-corrected chi connectivity index (χ1v) is 13.3. The second-order valence-electron chi connectivity index (χ2n) is 10.1. The molecule has 5 rings (SSSR count). The van der Waals surface area contributed by atoms with Gasteiger partial charge in [-0.2, -0.15) is 0 Å². The molecule has 0 aliphatic carbocycles. The molecule has 3 aromatic carbocycles. The van der Waals surface area contributed by atoms with Crippen molar-refractivity contribution in [1.29, 1.82) is 0 Å². The summed E-state index contributed by atoms with van der Waals surface area (Å²) in [6, 6.07) is 22.5. The number of hydrogen-bond donors (Lipinski definition) is 1. The minimum absolute atomic E-state index is 0.0119. The number of alkyl halides is 3. The van der Waals surface area contributed by atoms with Crippen molar-refractivity contribution in [3.8, 4) is 11.6 Å². The summed E-state index contributed by atoms with van der Waals surface area (Å²) in [5.74, 6) is -2.47. The number of rotatable bonds is 9. The fourth-order valence-electron chi connectivity index (χ4n) is 4.67. The highest BCUT2D eigenvalue weighted by atomic mass is 19.4. The van der Waals surface area contributed by atoms with E-state index >= 15 is 0 Å². The van der Waals surface area contributed by atoms with E-state index in [1.807, 2.05) is 44.2 Å². The van der Waals surface area contributed by atoms with Gasteiger partial charge in [0.1, 0.15) is 12.4 Å². The smallest absolute Gasteiger partial charge is 0.503 e. The molecule has 8 nitrogen and oxygen atoms in total. The van der Waals surface area contributed by atoms with Crippen LogP contribution in [0.4, 0.5) is 19.0 Å². The standard InChI is InChI=1S/C32H26F3N3O5/c1-19(2)21-8-10-23(11-9-21)29(39)27-28(22-12-14-24(15-13-22)43-32(33,34)35)38(31(41)30(27)40)25-16-17-26(37-36-25)42-18-20-6-4-3-5-7-20/h3-17,19,28,40H,18H2,1-2H3. The van der Waals surface area contributed by atoms with Crippen LogP contribution in [0, 0.1) is 0 Å². The van der Waals surface area contributed by atoms with Crippen LogP contribution in [0.25, 0.3) is 0 Å². The molecule has 11 heteroatoms. The highest BCUT2D eigenvalue weighted by Gasteiger charge is 2.45. The van der Waals surface area contributed by atoms with Crippen molar-refractivity contribution >= 4 is 17.5 Å². The molecule has 43 heavy (non-hydrogen) atoms. The van der Waals surface area contributed by atoms with Gasteiger partial charge in [0.25, 0.3) is 5.91 Å². The second kappa shape index (κ2) is 12.0. The first-order chi connectivity index (χ1) is 20.5. The summed E-state index contributed by atoms with van der Waals surface area (Å²) >= 11 is 0. The predicted molar refractivity (Wildman–Crippen MR) is 151 cm³/mol. The zero-order valence-electron chi connectivity index (χ0n) is 23.1. The van der Waals surface area contributed by atoms with Crippen LogP contribution < -0.4 is 14.4 Å². The van der Waals surface area contributed by atoms with Crippen LogP contribution in [0.2, 0.25) is 0 Å². The summed E-state index contributed by atoms with van der Waals surface area (Å²) in [5.41, 5.74) is 2.09. The lowest BCUT2D eigenvalue weighted by Crippen LogP contribution is -2.32. The molecule has 1 unspecified atom stereocenters. The summed E-state index contributed by atoms with van der Waals surface area (Å²) in [6.07, 6.45) is -4.90. The van der Waals surface area contributed by atoms with E-state index in [1.54, 1.807) is 24.3 Å². The van der Waals surface area contributed by atoms with Gasteiger partial charge in [0.05, 0.1) is 11.6 Å². The van der Waals surface area contributed by atoms with Crippen molar-refractivity contribution in [3.63, 3.8) is 0 Å². The molecular formula is C32H26F3N3O5. The number of hydrogen-bond acceptors (Lipinski definition) is 7. The first-order valence-electron chi connectivity index (χ1n) is 13.3. The third kappa shape index (κ3) is 6.50. The maximum absolute atomic E-state index is 13.7. The Kier molecular flexibility index (Phi) is 8.16. The Morgan fingerprint density at radius 1 is 0.930 bits per heavy atom. The van der Waals surface area contributed by atoms with Gasteiger partial charge in [-0.1, -0.05) is 80.6 Å². The highest BCUT2D eigenvalue weighted by molar-refractivity contribution is 6.20. The molecule has 0 fully saturated rings. The van der Waals surface area contributed by atoms with E-state index in [9.17, 15) is 27.9 Å². The number of aromatic nitrogens is 2. The van der Waals surface area contributed by atoms with Crippen molar-refractivity contribution in [2.45, 2.75) is 38.8 Å². The normalized spacial score (nSPS) is 15.3. The van der Waals surface area contributed by atoms with E-state index in [-0.39, 0.29) is 40.9 Å². The molecule has 2 heterocycles. The molecule has 1 N–H and O–H groups in total. The van der Waals surface area contributed by atoms with Crippen molar-refractivity contribution in [3.05, 3.63) is 125 Å². The molecule has 4 aromatic rings. The number of nitrogens with zero attached hydrogens (tertiary/aromatic N) is 3. The topological polar surface area (TPSA) is 102 Å². The number of ether oxygens (including phenoxy) is 2. The summed E-state index contributed by atoms with van der Waals surface area (Å²) in [6.45, 7) is 4.23. The Hall–Kier alpha value is -5.19. The molecular weight excluding hydrogens is 563 g/mol. The van der Waals surface area contributed by atoms with Crippen LogP contribution in [0.5, 0.6) is 11.6 Å². The van der Waals surface area contributed by atoms with Gasteiger partial charge in [-0.15, -0.1) is 23.4 Å². The lowest BCUT2D eigenvalue weighted by Gasteiger charge is -2.26. The van der Waals surface area contributed by atoms with Crippen LogP contribution in [0.15, 0.2) is 102 Å². The minimum Gasteiger partial charge on any atom is -0.503 e. The quantitative estimate of drug-likeness (QED) is 0.213. The Morgan fingerprint density at radius 3 is 2.19 bits per heavy atom. The van der Waals surface area contributed by atoms with Crippen LogP contribution >= 0.6 is 0 Å². The summed E-state index contributed by atoms with van der Waals surface area (Å²) in [5, 5.41) is 19.1. The SMILES string of the molecule is CC(C)c1ccc(C(=O)C2=C(O)C(=O)N(c3ccc(OCc4ccccc4)nn3)C2c2ccc(OC(F)(F)F)cc2)cc1. The van der Waals surface area contributed by atoms with Gasteiger partial charge in [-0.3, -0.25) is 14.5 Å². The van der Waals surface area contributed by atoms with Crippen LogP contribution in [0.1, 0.15) is 52.9 Å². The minimum atomic E-state index is -4.90. The summed E-state index contributed by atoms with van der Waals surface area (Å²) < 4.78 is 47.9. The number of amides is 1. The molecule has 0 saturated heterocycles. The number of Topliss-reactive ketones (excluding diaryl/α,β-unsaturated/α-hetero) is 1. The lowest BCUT2D eigenvalue weighted by atomic mass is 9.91. The number of carbonyl (C=O) groups excluding carboxylic acids is 2. The van der Waals surface area contributed by atoms with Gasteiger partial charge in [0, 0.05) is 11.6 Å².